The second-order valence-electron chi connectivity index (χ2n) is 12.2. The molecule has 1 atom stereocenters. The molecule has 0 radical (unpaired) electrons. The zero-order valence-electron chi connectivity index (χ0n) is 24.1. The summed E-state index contributed by atoms with van der Waals surface area (Å²) >= 11 is 0. The number of hydrogen-bond acceptors (Lipinski definition) is 0. The lowest BCUT2D eigenvalue weighted by Gasteiger charge is -2.27. The van der Waals surface area contributed by atoms with E-state index in [0.29, 0.717) is 5.92 Å². The summed E-state index contributed by atoms with van der Waals surface area (Å²) in [5, 5.41) is 10.5. The van der Waals surface area contributed by atoms with Crippen molar-refractivity contribution in [2.45, 2.75) is 19.3 Å². The number of rotatable bonds is 2. The van der Waals surface area contributed by atoms with Crippen molar-refractivity contribution in [2.75, 3.05) is 0 Å². The lowest BCUT2D eigenvalue weighted by atomic mass is 9.77. The molecule has 0 amide bonds. The van der Waals surface area contributed by atoms with Crippen LogP contribution in [-0.4, -0.2) is 0 Å². The first-order chi connectivity index (χ1) is 21.2. The monoisotopic (exact) mass is 546 g/mol. The first-order valence-electron chi connectivity index (χ1n) is 15.3. The minimum Gasteiger partial charge on any atom is -0.0616 e. The van der Waals surface area contributed by atoms with Crippen molar-refractivity contribution in [3.63, 3.8) is 0 Å². The Labute approximate surface area is 251 Å². The molecule has 0 fully saturated rings. The van der Waals surface area contributed by atoms with E-state index in [1.165, 1.54) is 87.6 Å². The molecule has 0 aromatic heterocycles. The van der Waals surface area contributed by atoms with Crippen LogP contribution in [0.2, 0.25) is 0 Å². The van der Waals surface area contributed by atoms with Gasteiger partial charge in [0.2, 0.25) is 0 Å². The lowest BCUT2D eigenvalue weighted by Crippen LogP contribution is -2.09. The van der Waals surface area contributed by atoms with E-state index in [9.17, 15) is 0 Å². The molecular formula is C43H30. The smallest absolute Gasteiger partial charge is 0.00675 e. The van der Waals surface area contributed by atoms with Crippen LogP contribution >= 0.6 is 0 Å². The molecule has 0 heterocycles. The zero-order chi connectivity index (χ0) is 28.5. The SMILES string of the molecule is CC1Cc2ccc(-c3ccc(-c4ccc5c6ccccc6c6ccccc6c5c4)cc3)cc2-c2c1ccc1ccccc21. The minimum atomic E-state index is 0.523. The Kier molecular flexibility index (Phi) is 5.34. The largest absolute Gasteiger partial charge is 0.0616 e. The standard InChI is InChI=1S/C43H30/c1-27-24-33-19-18-31(25-41(33)43-34(27)22-20-30-8-2-3-9-35(30)43)28-14-16-29(17-15-28)32-21-23-40-38-12-5-4-10-36(38)37-11-6-7-13-39(37)42(40)26-32/h2-23,25-27H,24H2,1H3. The van der Waals surface area contributed by atoms with Crippen LogP contribution in [0.3, 0.4) is 0 Å². The van der Waals surface area contributed by atoms with Crippen LogP contribution in [0.15, 0.2) is 146 Å². The van der Waals surface area contributed by atoms with Crippen LogP contribution in [0.5, 0.6) is 0 Å². The van der Waals surface area contributed by atoms with Crippen LogP contribution in [-0.2, 0) is 6.42 Å². The molecule has 43 heavy (non-hydrogen) atoms. The van der Waals surface area contributed by atoms with Gasteiger partial charge in [0.1, 0.15) is 0 Å². The number of benzene rings is 8. The normalized spacial score (nSPS) is 14.3. The van der Waals surface area contributed by atoms with Gasteiger partial charge in [-0.15, -0.1) is 0 Å². The maximum Gasteiger partial charge on any atom is -0.00675 e. The van der Waals surface area contributed by atoms with Gasteiger partial charge in [0.15, 0.2) is 0 Å². The Morgan fingerprint density at radius 1 is 0.419 bits per heavy atom. The number of hydrogen-bond donors (Lipinski definition) is 0. The average molecular weight is 547 g/mol. The molecule has 0 bridgehead atoms. The molecule has 9 rings (SSSR count). The van der Waals surface area contributed by atoms with Crippen LogP contribution in [0.1, 0.15) is 24.0 Å². The fourth-order valence-corrected chi connectivity index (χ4v) is 7.55. The Morgan fingerprint density at radius 2 is 0.930 bits per heavy atom. The van der Waals surface area contributed by atoms with Gasteiger partial charge in [0.05, 0.1) is 0 Å². The molecule has 8 aromatic carbocycles. The molecule has 0 heteroatoms. The van der Waals surface area contributed by atoms with Gasteiger partial charge < -0.3 is 0 Å². The van der Waals surface area contributed by atoms with Crippen molar-refractivity contribution in [1.82, 2.24) is 0 Å². The maximum atomic E-state index is 2.43. The van der Waals surface area contributed by atoms with E-state index < -0.39 is 0 Å². The topological polar surface area (TPSA) is 0 Å². The third kappa shape index (κ3) is 3.76. The van der Waals surface area contributed by atoms with Crippen molar-refractivity contribution in [1.29, 1.82) is 0 Å². The summed E-state index contributed by atoms with van der Waals surface area (Å²) in [7, 11) is 0. The van der Waals surface area contributed by atoms with Gasteiger partial charge >= 0.3 is 0 Å². The van der Waals surface area contributed by atoms with Crippen molar-refractivity contribution < 1.29 is 0 Å². The van der Waals surface area contributed by atoms with Gasteiger partial charge in [-0.25, -0.2) is 0 Å². The molecule has 0 saturated heterocycles. The third-order valence-electron chi connectivity index (χ3n) is 9.69. The van der Waals surface area contributed by atoms with Crippen molar-refractivity contribution in [3.05, 3.63) is 157 Å². The van der Waals surface area contributed by atoms with E-state index in [4.69, 9.17) is 0 Å². The molecule has 0 saturated carbocycles. The Bertz CT molecular complexity index is 2340. The van der Waals surface area contributed by atoms with E-state index in [-0.39, 0.29) is 0 Å². The zero-order valence-corrected chi connectivity index (χ0v) is 24.1. The van der Waals surface area contributed by atoms with Gasteiger partial charge in [-0.1, -0.05) is 140 Å². The summed E-state index contributed by atoms with van der Waals surface area (Å²) in [5.41, 5.74) is 10.7. The fourth-order valence-electron chi connectivity index (χ4n) is 7.55. The summed E-state index contributed by atoms with van der Waals surface area (Å²) < 4.78 is 0. The molecule has 0 aliphatic heterocycles. The fraction of sp³-hybridized carbons (Fsp3) is 0.0698. The lowest BCUT2D eigenvalue weighted by molar-refractivity contribution is 0.751. The third-order valence-corrected chi connectivity index (χ3v) is 9.69. The summed E-state index contributed by atoms with van der Waals surface area (Å²) in [4.78, 5) is 0. The Hall–Kier alpha value is -5.20. The highest BCUT2D eigenvalue weighted by Crippen LogP contribution is 2.45. The van der Waals surface area contributed by atoms with E-state index in [0.717, 1.165) is 6.42 Å². The molecule has 8 aromatic rings. The van der Waals surface area contributed by atoms with E-state index >= 15 is 0 Å². The first kappa shape index (κ1) is 24.4. The van der Waals surface area contributed by atoms with Crippen molar-refractivity contribution in [2.24, 2.45) is 0 Å². The van der Waals surface area contributed by atoms with Crippen LogP contribution in [0.4, 0.5) is 0 Å². The highest BCUT2D eigenvalue weighted by atomic mass is 14.3. The molecule has 0 N–H and O–H groups in total. The predicted molar refractivity (Wildman–Crippen MR) is 185 cm³/mol. The van der Waals surface area contributed by atoms with E-state index in [1.807, 2.05) is 0 Å². The Balaban J connectivity index is 1.14. The highest BCUT2D eigenvalue weighted by Gasteiger charge is 2.24. The second kappa shape index (κ2) is 9.41. The molecule has 1 unspecified atom stereocenters. The molecule has 202 valence electrons. The average Bonchev–Trinajstić information content (AvgIpc) is 3.08. The van der Waals surface area contributed by atoms with Crippen LogP contribution < -0.4 is 0 Å². The summed E-state index contributed by atoms with van der Waals surface area (Å²) in [5.74, 6) is 0.523. The molecular weight excluding hydrogens is 516 g/mol. The van der Waals surface area contributed by atoms with E-state index in [1.54, 1.807) is 0 Å². The number of fused-ring (bicyclic) bond motifs is 11. The highest BCUT2D eigenvalue weighted by molar-refractivity contribution is 6.25. The van der Waals surface area contributed by atoms with E-state index in [2.05, 4.69) is 153 Å². The van der Waals surface area contributed by atoms with Crippen molar-refractivity contribution >= 4 is 43.1 Å². The van der Waals surface area contributed by atoms with Crippen molar-refractivity contribution in [3.8, 4) is 33.4 Å². The minimum absolute atomic E-state index is 0.523. The molecule has 1 aliphatic rings. The molecule has 1 aliphatic carbocycles. The van der Waals surface area contributed by atoms with Gasteiger partial charge in [-0.05, 0) is 112 Å². The first-order valence-corrected chi connectivity index (χ1v) is 15.3. The maximum absolute atomic E-state index is 2.43. The van der Waals surface area contributed by atoms with Gasteiger partial charge in [-0.3, -0.25) is 0 Å². The second-order valence-corrected chi connectivity index (χ2v) is 12.2. The van der Waals surface area contributed by atoms with Crippen LogP contribution in [0, 0.1) is 0 Å². The Morgan fingerprint density at radius 3 is 1.60 bits per heavy atom. The van der Waals surface area contributed by atoms with Gasteiger partial charge in [0, 0.05) is 0 Å². The van der Waals surface area contributed by atoms with Crippen LogP contribution in [0.25, 0.3) is 76.5 Å². The van der Waals surface area contributed by atoms with Gasteiger partial charge in [0.25, 0.3) is 0 Å². The summed E-state index contributed by atoms with van der Waals surface area (Å²) in [6.07, 6.45) is 1.09. The molecule has 0 spiro atoms. The summed E-state index contributed by atoms with van der Waals surface area (Å²) in [6, 6.07) is 54.2. The summed E-state index contributed by atoms with van der Waals surface area (Å²) in [6.45, 7) is 2.36. The predicted octanol–water partition coefficient (Wildman–Crippen LogP) is 12.0. The molecule has 0 nitrogen and oxygen atoms in total. The van der Waals surface area contributed by atoms with Gasteiger partial charge in [-0.2, -0.15) is 0 Å². The quantitative estimate of drug-likeness (QED) is 0.189.